The summed E-state index contributed by atoms with van der Waals surface area (Å²) in [6, 6.07) is 0. The van der Waals surface area contributed by atoms with Gasteiger partial charge < -0.3 is 9.64 Å². The van der Waals surface area contributed by atoms with E-state index in [-0.39, 0.29) is 12.5 Å². The molecule has 2 atom stereocenters. The molecule has 0 N–H and O–H groups in total. The van der Waals surface area contributed by atoms with Crippen LogP contribution in [0.4, 0.5) is 0 Å². The number of ether oxygens (including phenoxy) is 1. The van der Waals surface area contributed by atoms with Crippen LogP contribution < -0.4 is 0 Å². The number of azide groups is 1. The number of carbonyl (C=O) groups excluding carboxylic acids is 1. The van der Waals surface area contributed by atoms with Crippen LogP contribution >= 0.6 is 0 Å². The Morgan fingerprint density at radius 2 is 2.33 bits per heavy atom. The molecular formula is C9H14N4O2. The molecule has 15 heavy (non-hydrogen) atoms. The molecule has 0 radical (unpaired) electrons. The van der Waals surface area contributed by atoms with Gasteiger partial charge in [-0.05, 0) is 17.9 Å². The average molecular weight is 210 g/mol. The number of amides is 1. The molecule has 0 aromatic rings. The highest BCUT2D eigenvalue weighted by atomic mass is 16.5. The molecule has 0 saturated carbocycles. The van der Waals surface area contributed by atoms with Gasteiger partial charge in [-0.1, -0.05) is 5.11 Å². The first kappa shape index (κ1) is 10.3. The molecule has 0 aromatic carbocycles. The van der Waals surface area contributed by atoms with Gasteiger partial charge in [0, 0.05) is 30.5 Å². The molecule has 0 aliphatic carbocycles. The Bertz CT molecular complexity index is 300. The van der Waals surface area contributed by atoms with Crippen molar-refractivity contribution in [2.45, 2.75) is 6.42 Å². The van der Waals surface area contributed by atoms with Crippen LogP contribution in [0.5, 0.6) is 0 Å². The fraction of sp³-hybridized carbons (Fsp3) is 0.889. The second kappa shape index (κ2) is 4.51. The maximum Gasteiger partial charge on any atom is 0.228 e. The summed E-state index contributed by atoms with van der Waals surface area (Å²) < 4.78 is 5.38. The van der Waals surface area contributed by atoms with E-state index in [1.165, 1.54) is 0 Å². The minimum atomic E-state index is -0.0712. The van der Waals surface area contributed by atoms with Crippen molar-refractivity contribution in [2.75, 3.05) is 32.8 Å². The van der Waals surface area contributed by atoms with Gasteiger partial charge in [0.25, 0.3) is 0 Å². The smallest absolute Gasteiger partial charge is 0.228 e. The van der Waals surface area contributed by atoms with Crippen LogP contribution in [-0.2, 0) is 9.53 Å². The molecule has 2 unspecified atom stereocenters. The van der Waals surface area contributed by atoms with Crippen LogP contribution in [-0.4, -0.2) is 43.7 Å². The van der Waals surface area contributed by atoms with Gasteiger partial charge in [0.15, 0.2) is 0 Å². The maximum absolute atomic E-state index is 11.6. The third-order valence-corrected chi connectivity index (χ3v) is 3.18. The Morgan fingerprint density at radius 3 is 3.13 bits per heavy atom. The molecule has 2 aliphatic rings. The van der Waals surface area contributed by atoms with E-state index in [1.807, 2.05) is 0 Å². The molecule has 1 amide bonds. The van der Waals surface area contributed by atoms with Crippen molar-refractivity contribution in [1.29, 1.82) is 0 Å². The number of hydrogen-bond donors (Lipinski definition) is 0. The molecule has 0 aromatic heterocycles. The highest BCUT2D eigenvalue weighted by molar-refractivity contribution is 5.78. The lowest BCUT2D eigenvalue weighted by Crippen LogP contribution is -2.44. The molecule has 2 rings (SSSR count). The Hall–Kier alpha value is -1.26. The van der Waals surface area contributed by atoms with Crippen LogP contribution in [0.2, 0.25) is 0 Å². The second-order valence-electron chi connectivity index (χ2n) is 4.08. The minimum absolute atomic E-state index is 0.0608. The largest absolute Gasteiger partial charge is 0.381 e. The number of likely N-dealkylation sites (tertiary alicyclic amines) is 1. The van der Waals surface area contributed by atoms with E-state index in [4.69, 9.17) is 10.3 Å². The summed E-state index contributed by atoms with van der Waals surface area (Å²) in [4.78, 5) is 15.9. The Labute approximate surface area is 87.8 Å². The molecular weight excluding hydrogens is 196 g/mol. The van der Waals surface area contributed by atoms with E-state index >= 15 is 0 Å². The first-order valence-electron chi connectivity index (χ1n) is 5.17. The van der Waals surface area contributed by atoms with Crippen molar-refractivity contribution in [1.82, 2.24) is 4.90 Å². The zero-order chi connectivity index (χ0) is 10.7. The van der Waals surface area contributed by atoms with Gasteiger partial charge in [-0.2, -0.15) is 0 Å². The van der Waals surface area contributed by atoms with Gasteiger partial charge >= 0.3 is 0 Å². The highest BCUT2D eigenvalue weighted by Gasteiger charge is 2.34. The first-order valence-corrected chi connectivity index (χ1v) is 5.17. The van der Waals surface area contributed by atoms with Gasteiger partial charge in [0.1, 0.15) is 6.54 Å². The molecule has 82 valence electrons. The predicted molar refractivity (Wildman–Crippen MR) is 53.0 cm³/mol. The monoisotopic (exact) mass is 210 g/mol. The Balaban J connectivity index is 1.89. The topological polar surface area (TPSA) is 78.3 Å². The van der Waals surface area contributed by atoms with Crippen molar-refractivity contribution in [3.63, 3.8) is 0 Å². The van der Waals surface area contributed by atoms with E-state index in [0.717, 1.165) is 32.7 Å². The molecule has 2 heterocycles. The lowest BCUT2D eigenvalue weighted by molar-refractivity contribution is -0.131. The minimum Gasteiger partial charge on any atom is -0.381 e. The summed E-state index contributed by atoms with van der Waals surface area (Å²) in [5.74, 6) is 1.03. The molecule has 6 nitrogen and oxygen atoms in total. The number of fused-ring (bicyclic) bond motifs is 1. The van der Waals surface area contributed by atoms with E-state index in [1.54, 1.807) is 4.90 Å². The fourth-order valence-electron chi connectivity index (χ4n) is 2.28. The predicted octanol–water partition coefficient (Wildman–Crippen LogP) is 0.792. The Morgan fingerprint density at radius 1 is 1.53 bits per heavy atom. The maximum atomic E-state index is 11.6. The third kappa shape index (κ3) is 2.22. The fourth-order valence-corrected chi connectivity index (χ4v) is 2.28. The summed E-state index contributed by atoms with van der Waals surface area (Å²) in [6.45, 7) is 3.06. The molecule has 0 bridgehead atoms. The van der Waals surface area contributed by atoms with Gasteiger partial charge in [-0.3, -0.25) is 4.79 Å². The number of nitrogens with zero attached hydrogens (tertiary/aromatic N) is 4. The zero-order valence-corrected chi connectivity index (χ0v) is 8.50. The second-order valence-corrected chi connectivity index (χ2v) is 4.08. The highest BCUT2D eigenvalue weighted by Crippen LogP contribution is 2.29. The van der Waals surface area contributed by atoms with Gasteiger partial charge in [0.05, 0.1) is 6.61 Å². The van der Waals surface area contributed by atoms with Gasteiger partial charge in [0.2, 0.25) is 5.91 Å². The molecule has 2 saturated heterocycles. The molecule has 2 aliphatic heterocycles. The van der Waals surface area contributed by atoms with Crippen molar-refractivity contribution in [3.8, 4) is 0 Å². The van der Waals surface area contributed by atoms with Crippen molar-refractivity contribution >= 4 is 5.91 Å². The van der Waals surface area contributed by atoms with Crippen molar-refractivity contribution < 1.29 is 9.53 Å². The molecule has 2 fully saturated rings. The van der Waals surface area contributed by atoms with Gasteiger partial charge in [-0.25, -0.2) is 0 Å². The van der Waals surface area contributed by atoms with Crippen LogP contribution in [0.15, 0.2) is 5.11 Å². The number of rotatable bonds is 2. The number of piperidine rings is 1. The van der Waals surface area contributed by atoms with E-state index in [9.17, 15) is 4.79 Å². The summed E-state index contributed by atoms with van der Waals surface area (Å²) in [7, 11) is 0. The van der Waals surface area contributed by atoms with E-state index < -0.39 is 0 Å². The standard InChI is InChI=1S/C9H14N4O2/c10-12-11-3-9(14)13-2-1-7-5-15-6-8(7)4-13/h7-8H,1-6H2. The first-order chi connectivity index (χ1) is 7.31. The van der Waals surface area contributed by atoms with Crippen LogP contribution in [0.1, 0.15) is 6.42 Å². The van der Waals surface area contributed by atoms with Crippen LogP contribution in [0, 0.1) is 11.8 Å². The summed E-state index contributed by atoms with van der Waals surface area (Å²) >= 11 is 0. The lowest BCUT2D eigenvalue weighted by Gasteiger charge is -2.33. The molecule has 6 heteroatoms. The van der Waals surface area contributed by atoms with E-state index in [2.05, 4.69) is 10.0 Å². The summed E-state index contributed by atoms with van der Waals surface area (Å²) in [6.07, 6.45) is 1.01. The normalized spacial score (nSPS) is 29.5. The van der Waals surface area contributed by atoms with Crippen molar-refractivity contribution in [3.05, 3.63) is 10.4 Å². The summed E-state index contributed by atoms with van der Waals surface area (Å²) in [5.41, 5.74) is 8.13. The van der Waals surface area contributed by atoms with Gasteiger partial charge in [-0.15, -0.1) is 0 Å². The summed E-state index contributed by atoms with van der Waals surface area (Å²) in [5, 5.41) is 3.29. The zero-order valence-electron chi connectivity index (χ0n) is 8.50. The lowest BCUT2D eigenvalue weighted by atomic mass is 9.89. The quantitative estimate of drug-likeness (QED) is 0.383. The van der Waals surface area contributed by atoms with Crippen LogP contribution in [0.3, 0.4) is 0 Å². The van der Waals surface area contributed by atoms with Crippen LogP contribution in [0.25, 0.3) is 10.4 Å². The number of hydrogen-bond acceptors (Lipinski definition) is 3. The van der Waals surface area contributed by atoms with Crippen molar-refractivity contribution in [2.24, 2.45) is 17.0 Å². The average Bonchev–Trinajstić information content (AvgIpc) is 2.72. The third-order valence-electron chi connectivity index (χ3n) is 3.18. The molecule has 0 spiro atoms. The van der Waals surface area contributed by atoms with E-state index in [0.29, 0.717) is 11.8 Å². The Kier molecular flexibility index (Phi) is 3.08. The number of carbonyl (C=O) groups is 1. The SMILES string of the molecule is [N-]=[N+]=NCC(=O)N1CCC2COCC2C1.